The molecule has 120 valence electrons. The minimum atomic E-state index is -3.51. The highest BCUT2D eigenvalue weighted by Crippen LogP contribution is 2.28. The quantitative estimate of drug-likeness (QED) is 0.729. The van der Waals surface area contributed by atoms with Gasteiger partial charge in [0.15, 0.2) is 4.67 Å². The van der Waals surface area contributed by atoms with Gasteiger partial charge in [0, 0.05) is 12.6 Å². The molecule has 0 unspecified atom stereocenters. The van der Waals surface area contributed by atoms with Crippen molar-refractivity contribution in [3.63, 3.8) is 0 Å². The van der Waals surface area contributed by atoms with Crippen molar-refractivity contribution >= 4 is 26.0 Å². The van der Waals surface area contributed by atoms with Gasteiger partial charge in [0.25, 0.3) is 0 Å². The lowest BCUT2D eigenvalue weighted by molar-refractivity contribution is 0.463. The predicted molar refractivity (Wildman–Crippen MR) is 85.6 cm³/mol. The molecule has 0 bridgehead atoms. The van der Waals surface area contributed by atoms with Crippen LogP contribution in [0.2, 0.25) is 0 Å². The molecule has 5 nitrogen and oxygen atoms in total. The third kappa shape index (κ3) is 4.81. The van der Waals surface area contributed by atoms with E-state index in [4.69, 9.17) is 4.42 Å². The van der Waals surface area contributed by atoms with E-state index in [-0.39, 0.29) is 9.56 Å². The van der Waals surface area contributed by atoms with Crippen LogP contribution in [0, 0.1) is 5.92 Å². The molecule has 0 spiro atoms. The third-order valence-corrected chi connectivity index (χ3v) is 6.18. The van der Waals surface area contributed by atoms with Crippen LogP contribution in [0.15, 0.2) is 20.0 Å². The minimum Gasteiger partial charge on any atom is -0.452 e. The van der Waals surface area contributed by atoms with Crippen LogP contribution >= 0.6 is 15.9 Å². The number of sulfonamides is 1. The first-order valence-electron chi connectivity index (χ1n) is 7.51. The highest BCUT2D eigenvalue weighted by atomic mass is 79.9. The zero-order valence-corrected chi connectivity index (χ0v) is 14.7. The van der Waals surface area contributed by atoms with Crippen LogP contribution in [0.1, 0.15) is 44.8 Å². The monoisotopic (exact) mass is 378 g/mol. The Morgan fingerprint density at radius 2 is 2.10 bits per heavy atom. The minimum absolute atomic E-state index is 0.182. The first-order valence-corrected chi connectivity index (χ1v) is 9.79. The van der Waals surface area contributed by atoms with Gasteiger partial charge in [-0.15, -0.1) is 0 Å². The Morgan fingerprint density at radius 3 is 2.76 bits per heavy atom. The summed E-state index contributed by atoms with van der Waals surface area (Å²) in [6.45, 7) is 3.81. The number of nitrogens with one attached hydrogen (secondary N) is 2. The summed E-state index contributed by atoms with van der Waals surface area (Å²) in [7, 11) is -3.51. The molecule has 0 amide bonds. The van der Waals surface area contributed by atoms with Crippen molar-refractivity contribution in [1.82, 2.24) is 10.0 Å². The SMILES string of the molecule is CCNCc1cc(S(=O)(=O)NCCC2CCCC2)c(Br)o1. The van der Waals surface area contributed by atoms with Gasteiger partial charge in [0.2, 0.25) is 10.0 Å². The molecule has 0 radical (unpaired) electrons. The van der Waals surface area contributed by atoms with Gasteiger partial charge in [0.05, 0.1) is 6.54 Å². The van der Waals surface area contributed by atoms with E-state index in [0.29, 0.717) is 24.8 Å². The first-order chi connectivity index (χ1) is 10.0. The van der Waals surface area contributed by atoms with Gasteiger partial charge in [-0.25, -0.2) is 13.1 Å². The normalized spacial score (nSPS) is 16.7. The van der Waals surface area contributed by atoms with Gasteiger partial charge in [-0.1, -0.05) is 32.6 Å². The average Bonchev–Trinajstić information content (AvgIpc) is 3.06. The molecular weight excluding hydrogens is 356 g/mol. The highest BCUT2D eigenvalue weighted by Gasteiger charge is 2.23. The number of furan rings is 1. The van der Waals surface area contributed by atoms with E-state index < -0.39 is 10.0 Å². The summed E-state index contributed by atoms with van der Waals surface area (Å²) >= 11 is 3.19. The summed E-state index contributed by atoms with van der Waals surface area (Å²) in [6.07, 6.45) is 5.92. The van der Waals surface area contributed by atoms with E-state index in [0.717, 1.165) is 13.0 Å². The Bertz CT molecular complexity index is 551. The van der Waals surface area contributed by atoms with Crippen molar-refractivity contribution in [2.24, 2.45) is 5.92 Å². The Morgan fingerprint density at radius 1 is 1.38 bits per heavy atom. The summed E-state index contributed by atoms with van der Waals surface area (Å²) in [5.74, 6) is 1.28. The zero-order chi connectivity index (χ0) is 15.3. The lowest BCUT2D eigenvalue weighted by Crippen LogP contribution is -2.25. The molecule has 1 aliphatic rings. The van der Waals surface area contributed by atoms with E-state index in [1.165, 1.54) is 25.7 Å². The van der Waals surface area contributed by atoms with E-state index in [2.05, 4.69) is 26.0 Å². The Kier molecular flexibility index (Phi) is 6.28. The van der Waals surface area contributed by atoms with Crippen LogP contribution in [-0.2, 0) is 16.6 Å². The van der Waals surface area contributed by atoms with Crippen LogP contribution < -0.4 is 10.0 Å². The molecule has 2 N–H and O–H groups in total. The second-order valence-corrected chi connectivity index (χ2v) is 7.92. The fourth-order valence-corrected chi connectivity index (χ4v) is 4.73. The maximum Gasteiger partial charge on any atom is 0.244 e. The molecule has 1 fully saturated rings. The lowest BCUT2D eigenvalue weighted by atomic mass is 10.1. The van der Waals surface area contributed by atoms with Gasteiger partial charge in [-0.05, 0) is 34.8 Å². The summed E-state index contributed by atoms with van der Waals surface area (Å²) in [4.78, 5) is 0.182. The van der Waals surface area contributed by atoms with Crippen LogP contribution in [0.3, 0.4) is 0 Å². The van der Waals surface area contributed by atoms with Crippen molar-refractivity contribution in [2.45, 2.75) is 50.5 Å². The molecule has 1 aromatic heterocycles. The molecule has 0 aliphatic heterocycles. The number of hydrogen-bond donors (Lipinski definition) is 2. The Balaban J connectivity index is 1.93. The van der Waals surface area contributed by atoms with Gasteiger partial charge in [-0.2, -0.15) is 0 Å². The van der Waals surface area contributed by atoms with Crippen molar-refractivity contribution in [1.29, 1.82) is 0 Å². The van der Waals surface area contributed by atoms with Crippen molar-refractivity contribution < 1.29 is 12.8 Å². The average molecular weight is 379 g/mol. The van der Waals surface area contributed by atoms with Crippen molar-refractivity contribution in [3.8, 4) is 0 Å². The van der Waals surface area contributed by atoms with Crippen LogP contribution in [-0.4, -0.2) is 21.5 Å². The zero-order valence-electron chi connectivity index (χ0n) is 12.3. The molecule has 1 aliphatic carbocycles. The van der Waals surface area contributed by atoms with Gasteiger partial charge < -0.3 is 9.73 Å². The molecule has 2 rings (SSSR count). The molecule has 1 saturated carbocycles. The number of rotatable bonds is 8. The molecule has 0 aromatic carbocycles. The fraction of sp³-hybridized carbons (Fsp3) is 0.714. The largest absolute Gasteiger partial charge is 0.452 e. The number of halogens is 1. The van der Waals surface area contributed by atoms with Crippen molar-refractivity contribution in [3.05, 3.63) is 16.5 Å². The topological polar surface area (TPSA) is 71.3 Å². The second-order valence-electron chi connectivity index (χ2n) is 5.47. The maximum absolute atomic E-state index is 12.3. The van der Waals surface area contributed by atoms with E-state index in [1.54, 1.807) is 6.07 Å². The maximum atomic E-state index is 12.3. The van der Waals surface area contributed by atoms with Crippen LogP contribution in [0.25, 0.3) is 0 Å². The molecular formula is C14H23BrN2O3S. The Labute approximate surface area is 135 Å². The fourth-order valence-electron chi connectivity index (χ4n) is 2.69. The molecule has 1 aromatic rings. The van der Waals surface area contributed by atoms with E-state index >= 15 is 0 Å². The smallest absolute Gasteiger partial charge is 0.244 e. The highest BCUT2D eigenvalue weighted by molar-refractivity contribution is 9.10. The van der Waals surface area contributed by atoms with Crippen LogP contribution in [0.4, 0.5) is 0 Å². The second kappa shape index (κ2) is 7.76. The van der Waals surface area contributed by atoms with Crippen molar-refractivity contribution in [2.75, 3.05) is 13.1 Å². The van der Waals surface area contributed by atoms with Gasteiger partial charge in [-0.3, -0.25) is 0 Å². The number of hydrogen-bond acceptors (Lipinski definition) is 4. The molecule has 1 heterocycles. The van der Waals surface area contributed by atoms with Gasteiger partial charge in [0.1, 0.15) is 10.7 Å². The van der Waals surface area contributed by atoms with E-state index in [1.807, 2.05) is 6.92 Å². The standard InChI is InChI=1S/C14H23BrN2O3S/c1-2-16-10-12-9-13(14(15)20-12)21(18,19)17-8-7-11-5-3-4-6-11/h9,11,16-17H,2-8,10H2,1H3. The summed E-state index contributed by atoms with van der Waals surface area (Å²) in [5.41, 5.74) is 0. The van der Waals surface area contributed by atoms with E-state index in [9.17, 15) is 8.42 Å². The molecule has 21 heavy (non-hydrogen) atoms. The lowest BCUT2D eigenvalue weighted by Gasteiger charge is -2.09. The molecule has 0 atom stereocenters. The predicted octanol–water partition coefficient (Wildman–Crippen LogP) is 3.01. The third-order valence-electron chi connectivity index (χ3n) is 3.86. The van der Waals surface area contributed by atoms with Gasteiger partial charge >= 0.3 is 0 Å². The van der Waals surface area contributed by atoms with Crippen LogP contribution in [0.5, 0.6) is 0 Å². The summed E-state index contributed by atoms with van der Waals surface area (Å²) in [6, 6.07) is 1.57. The first kappa shape index (κ1) is 17.0. The molecule has 0 saturated heterocycles. The summed E-state index contributed by atoms with van der Waals surface area (Å²) < 4.78 is 32.9. The Hall–Kier alpha value is -0.370. The molecule has 7 heteroatoms. The summed E-state index contributed by atoms with van der Waals surface area (Å²) in [5, 5.41) is 3.11.